The summed E-state index contributed by atoms with van der Waals surface area (Å²) in [4.78, 5) is 12.5. The maximum atomic E-state index is 12.5. The van der Waals surface area contributed by atoms with Crippen LogP contribution < -0.4 is 21.1 Å². The molecule has 5 heteroatoms. The minimum atomic E-state index is 0.00714. The summed E-state index contributed by atoms with van der Waals surface area (Å²) in [5.41, 5.74) is 10.6. The van der Waals surface area contributed by atoms with Crippen molar-refractivity contribution >= 4 is 23.0 Å². The first-order chi connectivity index (χ1) is 14.1. The third-order valence-corrected chi connectivity index (χ3v) is 5.34. The molecule has 1 fully saturated rings. The molecule has 5 nitrogen and oxygen atoms in total. The number of hydrogen-bond acceptors (Lipinski definition) is 4. The number of methoxy groups -OCH3 is 1. The highest BCUT2D eigenvalue weighted by atomic mass is 16.5. The van der Waals surface area contributed by atoms with Crippen LogP contribution in [0.3, 0.4) is 0 Å². The molecule has 148 valence electrons. The number of anilines is 3. The number of nitrogen functional groups attached to an aromatic ring is 1. The largest absolute Gasteiger partial charge is 0.497 e. The Balaban J connectivity index is 1.30. The van der Waals surface area contributed by atoms with Gasteiger partial charge in [0.1, 0.15) is 5.75 Å². The Morgan fingerprint density at radius 2 is 1.76 bits per heavy atom. The Kier molecular flexibility index (Phi) is 5.38. The van der Waals surface area contributed by atoms with Gasteiger partial charge in [0.2, 0.25) is 5.91 Å². The molecule has 2 unspecified atom stereocenters. The average molecular weight is 387 g/mol. The fraction of sp³-hybridized carbons (Fsp3) is 0.208. The van der Waals surface area contributed by atoms with Gasteiger partial charge in [-0.25, -0.2) is 0 Å². The molecule has 4 N–H and O–H groups in total. The van der Waals surface area contributed by atoms with Crippen molar-refractivity contribution in [2.24, 2.45) is 5.92 Å². The smallest absolute Gasteiger partial charge is 0.228 e. The summed E-state index contributed by atoms with van der Waals surface area (Å²) >= 11 is 0. The first-order valence-electron chi connectivity index (χ1n) is 9.76. The van der Waals surface area contributed by atoms with Gasteiger partial charge in [-0.05, 0) is 59.9 Å². The van der Waals surface area contributed by atoms with Crippen LogP contribution in [-0.4, -0.2) is 13.0 Å². The number of para-hydroxylation sites is 2. The summed E-state index contributed by atoms with van der Waals surface area (Å²) in [6, 6.07) is 23.7. The van der Waals surface area contributed by atoms with Gasteiger partial charge in [0.05, 0.1) is 18.5 Å². The Morgan fingerprint density at radius 3 is 2.45 bits per heavy atom. The molecule has 0 heterocycles. The van der Waals surface area contributed by atoms with Crippen molar-refractivity contribution in [2.45, 2.75) is 18.9 Å². The molecule has 0 spiro atoms. The Bertz CT molecular complexity index is 984. The Labute approximate surface area is 170 Å². The standard InChI is InChI=1S/C24H25N3O2/c1-29-19-12-6-16(7-13-19)15-26-18-10-8-17(9-11-18)20-14-21(20)24(28)27-23-5-3-2-4-22(23)25/h2-13,20-21,26H,14-15,25H2,1H3,(H,27,28). The first kappa shape index (κ1) is 18.9. The lowest BCUT2D eigenvalue weighted by Gasteiger charge is -2.09. The molecule has 1 saturated carbocycles. The summed E-state index contributed by atoms with van der Waals surface area (Å²) < 4.78 is 5.18. The zero-order valence-corrected chi connectivity index (χ0v) is 16.4. The zero-order chi connectivity index (χ0) is 20.2. The number of rotatable bonds is 7. The summed E-state index contributed by atoms with van der Waals surface area (Å²) in [6.07, 6.45) is 0.872. The maximum Gasteiger partial charge on any atom is 0.228 e. The van der Waals surface area contributed by atoms with Crippen molar-refractivity contribution in [3.05, 3.63) is 83.9 Å². The molecule has 0 radical (unpaired) electrons. The molecule has 29 heavy (non-hydrogen) atoms. The van der Waals surface area contributed by atoms with Gasteiger partial charge in [0.15, 0.2) is 0 Å². The van der Waals surface area contributed by atoms with Crippen LogP contribution in [0.2, 0.25) is 0 Å². The van der Waals surface area contributed by atoms with Crippen molar-refractivity contribution in [1.29, 1.82) is 0 Å². The van der Waals surface area contributed by atoms with Crippen LogP contribution in [0, 0.1) is 5.92 Å². The number of ether oxygens (including phenoxy) is 1. The molecular formula is C24H25N3O2. The van der Waals surface area contributed by atoms with E-state index in [1.54, 1.807) is 13.2 Å². The minimum Gasteiger partial charge on any atom is -0.497 e. The molecule has 1 aliphatic rings. The number of hydrogen-bond donors (Lipinski definition) is 3. The second-order valence-corrected chi connectivity index (χ2v) is 7.35. The molecule has 0 bridgehead atoms. The third kappa shape index (κ3) is 4.51. The van der Waals surface area contributed by atoms with Crippen LogP contribution in [0.5, 0.6) is 5.75 Å². The number of nitrogens with two attached hydrogens (primary N) is 1. The van der Waals surface area contributed by atoms with Gasteiger partial charge in [-0.1, -0.05) is 36.4 Å². The molecule has 2 atom stereocenters. The number of nitrogens with one attached hydrogen (secondary N) is 2. The van der Waals surface area contributed by atoms with Crippen molar-refractivity contribution in [3.8, 4) is 5.75 Å². The minimum absolute atomic E-state index is 0.00714. The second-order valence-electron chi connectivity index (χ2n) is 7.35. The lowest BCUT2D eigenvalue weighted by atomic mass is 10.1. The number of benzene rings is 3. The Morgan fingerprint density at radius 1 is 1.03 bits per heavy atom. The topological polar surface area (TPSA) is 76.4 Å². The van der Waals surface area contributed by atoms with E-state index in [1.165, 1.54) is 11.1 Å². The van der Waals surface area contributed by atoms with Crippen LogP contribution >= 0.6 is 0 Å². The van der Waals surface area contributed by atoms with Crippen LogP contribution in [0.4, 0.5) is 17.1 Å². The fourth-order valence-electron chi connectivity index (χ4n) is 3.49. The first-order valence-corrected chi connectivity index (χ1v) is 9.76. The molecule has 1 amide bonds. The summed E-state index contributed by atoms with van der Waals surface area (Å²) in [5.74, 6) is 1.17. The number of carbonyl (C=O) groups excluding carboxylic acids is 1. The molecule has 4 rings (SSSR count). The van der Waals surface area contributed by atoms with E-state index < -0.39 is 0 Å². The van der Waals surface area contributed by atoms with Crippen molar-refractivity contribution in [2.75, 3.05) is 23.5 Å². The van der Waals surface area contributed by atoms with Gasteiger partial charge in [0.25, 0.3) is 0 Å². The van der Waals surface area contributed by atoms with E-state index >= 15 is 0 Å². The molecule has 3 aromatic carbocycles. The summed E-state index contributed by atoms with van der Waals surface area (Å²) in [6.45, 7) is 0.746. The predicted molar refractivity (Wildman–Crippen MR) is 117 cm³/mol. The average Bonchev–Trinajstić information content (AvgIpc) is 3.56. The monoisotopic (exact) mass is 387 g/mol. The molecule has 0 aromatic heterocycles. The highest BCUT2D eigenvalue weighted by molar-refractivity contribution is 5.97. The van der Waals surface area contributed by atoms with Gasteiger partial charge >= 0.3 is 0 Å². The normalized spacial score (nSPS) is 17.4. The lowest BCUT2D eigenvalue weighted by Crippen LogP contribution is -2.15. The van der Waals surface area contributed by atoms with E-state index in [1.807, 2.05) is 42.5 Å². The van der Waals surface area contributed by atoms with Gasteiger partial charge in [-0.2, -0.15) is 0 Å². The van der Waals surface area contributed by atoms with E-state index in [9.17, 15) is 4.79 Å². The van der Waals surface area contributed by atoms with Crippen molar-refractivity contribution in [1.82, 2.24) is 0 Å². The summed E-state index contributed by atoms with van der Waals surface area (Å²) in [5, 5.41) is 6.37. The lowest BCUT2D eigenvalue weighted by molar-refractivity contribution is -0.117. The molecule has 1 aliphatic carbocycles. The van der Waals surface area contributed by atoms with Crippen molar-refractivity contribution < 1.29 is 9.53 Å². The van der Waals surface area contributed by atoms with E-state index in [0.29, 0.717) is 11.4 Å². The zero-order valence-electron chi connectivity index (χ0n) is 16.4. The highest BCUT2D eigenvalue weighted by Gasteiger charge is 2.43. The predicted octanol–water partition coefficient (Wildman–Crippen LogP) is 4.63. The molecule has 3 aromatic rings. The van der Waals surface area contributed by atoms with Crippen LogP contribution in [0.25, 0.3) is 0 Å². The fourth-order valence-corrected chi connectivity index (χ4v) is 3.49. The molecule has 0 saturated heterocycles. The SMILES string of the molecule is COc1ccc(CNc2ccc(C3CC3C(=O)Nc3ccccc3N)cc2)cc1. The van der Waals surface area contributed by atoms with Gasteiger partial charge in [-0.3, -0.25) is 4.79 Å². The van der Waals surface area contributed by atoms with Gasteiger partial charge in [-0.15, -0.1) is 0 Å². The molecule has 0 aliphatic heterocycles. The maximum absolute atomic E-state index is 12.5. The highest BCUT2D eigenvalue weighted by Crippen LogP contribution is 2.48. The quantitative estimate of drug-likeness (QED) is 0.517. The Hall–Kier alpha value is -3.47. The summed E-state index contributed by atoms with van der Waals surface area (Å²) in [7, 11) is 1.67. The van der Waals surface area contributed by atoms with Gasteiger partial charge < -0.3 is 21.1 Å². The number of amides is 1. The second kappa shape index (κ2) is 8.27. The van der Waals surface area contributed by atoms with Crippen LogP contribution in [0.1, 0.15) is 23.5 Å². The van der Waals surface area contributed by atoms with E-state index in [4.69, 9.17) is 10.5 Å². The van der Waals surface area contributed by atoms with Crippen LogP contribution in [0.15, 0.2) is 72.8 Å². The van der Waals surface area contributed by atoms with E-state index in [2.05, 4.69) is 34.9 Å². The third-order valence-electron chi connectivity index (χ3n) is 5.34. The van der Waals surface area contributed by atoms with E-state index in [0.717, 1.165) is 24.4 Å². The van der Waals surface area contributed by atoms with E-state index in [-0.39, 0.29) is 17.7 Å². The van der Waals surface area contributed by atoms with Gasteiger partial charge in [0, 0.05) is 18.2 Å². The van der Waals surface area contributed by atoms with Crippen molar-refractivity contribution in [3.63, 3.8) is 0 Å². The number of carbonyl (C=O) groups is 1. The van der Waals surface area contributed by atoms with Crippen LogP contribution in [-0.2, 0) is 11.3 Å². The molecular weight excluding hydrogens is 362 g/mol.